The van der Waals surface area contributed by atoms with Crippen molar-refractivity contribution in [2.24, 2.45) is 0 Å². The molecule has 0 aromatic heterocycles. The maximum absolute atomic E-state index is 12.1. The van der Waals surface area contributed by atoms with Gasteiger partial charge in [0.05, 0.1) is 19.8 Å². The molecule has 138 valence electrons. The van der Waals surface area contributed by atoms with Gasteiger partial charge in [-0.25, -0.2) is 0 Å². The fraction of sp³-hybridized carbons (Fsp3) is 0.300. The minimum atomic E-state index is -0.303. The van der Waals surface area contributed by atoms with Gasteiger partial charge >= 0.3 is 0 Å². The van der Waals surface area contributed by atoms with E-state index < -0.39 is 0 Å². The molecule has 2 rings (SSSR count). The molecule has 0 bridgehead atoms. The summed E-state index contributed by atoms with van der Waals surface area (Å²) < 4.78 is 10.5. The monoisotopic (exact) mass is 356 g/mol. The second-order valence-corrected chi connectivity index (χ2v) is 5.62. The highest BCUT2D eigenvalue weighted by Crippen LogP contribution is 2.12. The van der Waals surface area contributed by atoms with Gasteiger partial charge in [0.15, 0.2) is 0 Å². The molecule has 2 N–H and O–H groups in total. The first-order valence-corrected chi connectivity index (χ1v) is 8.47. The number of amides is 2. The van der Waals surface area contributed by atoms with Crippen molar-refractivity contribution in [1.82, 2.24) is 10.6 Å². The first-order chi connectivity index (χ1) is 12.6. The molecule has 0 radical (unpaired) electrons. The van der Waals surface area contributed by atoms with E-state index in [-0.39, 0.29) is 18.4 Å². The van der Waals surface area contributed by atoms with Gasteiger partial charge in [-0.1, -0.05) is 24.3 Å². The first kappa shape index (κ1) is 19.5. The Labute approximate surface area is 153 Å². The Kier molecular flexibility index (Phi) is 7.64. The lowest BCUT2D eigenvalue weighted by Crippen LogP contribution is -2.36. The first-order valence-electron chi connectivity index (χ1n) is 8.47. The van der Waals surface area contributed by atoms with Crippen LogP contribution in [0, 0.1) is 0 Å². The van der Waals surface area contributed by atoms with Crippen LogP contribution in [0.4, 0.5) is 0 Å². The number of ether oxygens (including phenoxy) is 2. The lowest BCUT2D eigenvalue weighted by molar-refractivity contribution is -0.120. The Morgan fingerprint density at radius 1 is 0.962 bits per heavy atom. The molecular formula is C20H24N2O4. The third-order valence-corrected chi connectivity index (χ3v) is 3.73. The molecule has 0 unspecified atom stereocenters. The molecule has 26 heavy (non-hydrogen) atoms. The van der Waals surface area contributed by atoms with Crippen molar-refractivity contribution < 1.29 is 19.1 Å². The SMILES string of the molecule is CCOc1ccc(C(=O)NCC(=O)NCc2ccccc2COC)cc1. The smallest absolute Gasteiger partial charge is 0.251 e. The molecule has 0 spiro atoms. The van der Waals surface area contributed by atoms with Gasteiger partial charge in [0.2, 0.25) is 5.91 Å². The summed E-state index contributed by atoms with van der Waals surface area (Å²) in [5.41, 5.74) is 2.49. The van der Waals surface area contributed by atoms with E-state index in [4.69, 9.17) is 9.47 Å². The summed E-state index contributed by atoms with van der Waals surface area (Å²) in [6.45, 7) is 3.25. The van der Waals surface area contributed by atoms with E-state index in [9.17, 15) is 9.59 Å². The number of hydrogen-bond acceptors (Lipinski definition) is 4. The molecular weight excluding hydrogens is 332 g/mol. The maximum Gasteiger partial charge on any atom is 0.251 e. The minimum Gasteiger partial charge on any atom is -0.494 e. The number of hydrogen-bond donors (Lipinski definition) is 2. The average Bonchev–Trinajstić information content (AvgIpc) is 2.66. The third kappa shape index (κ3) is 5.89. The van der Waals surface area contributed by atoms with Crippen LogP contribution in [0.2, 0.25) is 0 Å². The van der Waals surface area contributed by atoms with E-state index in [1.54, 1.807) is 31.4 Å². The van der Waals surface area contributed by atoms with Crippen LogP contribution in [-0.2, 0) is 22.7 Å². The Balaban J connectivity index is 1.80. The van der Waals surface area contributed by atoms with Gasteiger partial charge in [-0.05, 0) is 42.3 Å². The van der Waals surface area contributed by atoms with E-state index in [0.29, 0.717) is 31.1 Å². The molecule has 2 aromatic rings. The van der Waals surface area contributed by atoms with E-state index in [1.165, 1.54) is 0 Å². The molecule has 0 aliphatic rings. The van der Waals surface area contributed by atoms with Crippen molar-refractivity contribution in [3.8, 4) is 5.75 Å². The summed E-state index contributed by atoms with van der Waals surface area (Å²) in [5, 5.41) is 5.41. The summed E-state index contributed by atoms with van der Waals surface area (Å²) >= 11 is 0. The number of rotatable bonds is 9. The number of methoxy groups -OCH3 is 1. The summed E-state index contributed by atoms with van der Waals surface area (Å²) in [6.07, 6.45) is 0. The molecule has 0 heterocycles. The second kappa shape index (κ2) is 10.2. The van der Waals surface area contributed by atoms with Crippen LogP contribution < -0.4 is 15.4 Å². The van der Waals surface area contributed by atoms with Crippen molar-refractivity contribution >= 4 is 11.8 Å². The zero-order valence-electron chi connectivity index (χ0n) is 15.1. The highest BCUT2D eigenvalue weighted by atomic mass is 16.5. The Morgan fingerprint density at radius 3 is 2.31 bits per heavy atom. The van der Waals surface area contributed by atoms with Crippen molar-refractivity contribution in [2.75, 3.05) is 20.3 Å². The van der Waals surface area contributed by atoms with Crippen molar-refractivity contribution in [3.63, 3.8) is 0 Å². The Bertz CT molecular complexity index is 729. The zero-order valence-corrected chi connectivity index (χ0v) is 15.1. The van der Waals surface area contributed by atoms with Crippen LogP contribution in [-0.4, -0.2) is 32.1 Å². The lowest BCUT2D eigenvalue weighted by atomic mass is 10.1. The van der Waals surface area contributed by atoms with E-state index in [2.05, 4.69) is 10.6 Å². The van der Waals surface area contributed by atoms with Gasteiger partial charge in [0, 0.05) is 19.2 Å². The van der Waals surface area contributed by atoms with Gasteiger partial charge < -0.3 is 20.1 Å². The second-order valence-electron chi connectivity index (χ2n) is 5.62. The molecule has 0 saturated carbocycles. The molecule has 0 aliphatic carbocycles. The van der Waals surface area contributed by atoms with Crippen LogP contribution in [0.15, 0.2) is 48.5 Å². The van der Waals surface area contributed by atoms with Crippen molar-refractivity contribution in [3.05, 3.63) is 65.2 Å². The Hall–Kier alpha value is -2.86. The molecule has 2 aromatic carbocycles. The fourth-order valence-corrected chi connectivity index (χ4v) is 2.41. The van der Waals surface area contributed by atoms with Crippen LogP contribution in [0.3, 0.4) is 0 Å². The third-order valence-electron chi connectivity index (χ3n) is 3.73. The normalized spacial score (nSPS) is 10.2. The van der Waals surface area contributed by atoms with E-state index in [0.717, 1.165) is 11.1 Å². The predicted octanol–water partition coefficient (Wildman–Crippen LogP) is 2.28. The summed E-state index contributed by atoms with van der Waals surface area (Å²) in [6, 6.07) is 14.5. The average molecular weight is 356 g/mol. The molecule has 0 fully saturated rings. The summed E-state index contributed by atoms with van der Waals surface area (Å²) in [4.78, 5) is 24.1. The molecule has 2 amide bonds. The predicted molar refractivity (Wildman–Crippen MR) is 98.9 cm³/mol. The highest BCUT2D eigenvalue weighted by Gasteiger charge is 2.09. The number of carbonyl (C=O) groups is 2. The minimum absolute atomic E-state index is 0.0848. The van der Waals surface area contributed by atoms with Crippen molar-refractivity contribution in [2.45, 2.75) is 20.1 Å². The molecule has 6 nitrogen and oxygen atoms in total. The van der Waals surface area contributed by atoms with Crippen LogP contribution >= 0.6 is 0 Å². The van der Waals surface area contributed by atoms with Crippen LogP contribution in [0.1, 0.15) is 28.4 Å². The van der Waals surface area contributed by atoms with Gasteiger partial charge in [-0.2, -0.15) is 0 Å². The molecule has 6 heteroatoms. The highest BCUT2D eigenvalue weighted by molar-refractivity contribution is 5.96. The van der Waals surface area contributed by atoms with Gasteiger partial charge in [-0.15, -0.1) is 0 Å². The van der Waals surface area contributed by atoms with Gasteiger partial charge in [-0.3, -0.25) is 9.59 Å². The maximum atomic E-state index is 12.1. The summed E-state index contributed by atoms with van der Waals surface area (Å²) in [5.74, 6) is 0.149. The lowest BCUT2D eigenvalue weighted by Gasteiger charge is -2.11. The van der Waals surface area contributed by atoms with Crippen molar-refractivity contribution in [1.29, 1.82) is 0 Å². The fourth-order valence-electron chi connectivity index (χ4n) is 2.41. The Morgan fingerprint density at radius 2 is 1.65 bits per heavy atom. The van der Waals surface area contributed by atoms with Gasteiger partial charge in [0.25, 0.3) is 5.91 Å². The molecule has 0 atom stereocenters. The van der Waals surface area contributed by atoms with Crippen LogP contribution in [0.5, 0.6) is 5.75 Å². The largest absolute Gasteiger partial charge is 0.494 e. The topological polar surface area (TPSA) is 76.7 Å². The zero-order chi connectivity index (χ0) is 18.8. The molecule has 0 saturated heterocycles. The van der Waals surface area contributed by atoms with E-state index >= 15 is 0 Å². The quantitative estimate of drug-likeness (QED) is 0.723. The van der Waals surface area contributed by atoms with E-state index in [1.807, 2.05) is 31.2 Å². The van der Waals surface area contributed by atoms with Crippen LogP contribution in [0.25, 0.3) is 0 Å². The number of benzene rings is 2. The summed E-state index contributed by atoms with van der Waals surface area (Å²) in [7, 11) is 1.63. The molecule has 0 aliphatic heterocycles. The van der Waals surface area contributed by atoms with Gasteiger partial charge in [0.1, 0.15) is 5.75 Å². The number of nitrogens with one attached hydrogen (secondary N) is 2. The number of carbonyl (C=O) groups excluding carboxylic acids is 2. The standard InChI is InChI=1S/C20H24N2O4/c1-3-26-18-10-8-15(9-11-18)20(24)22-13-19(23)21-12-16-6-4-5-7-17(16)14-25-2/h4-11H,3,12-14H2,1-2H3,(H,21,23)(H,22,24).